The molecule has 0 N–H and O–H groups in total. The SMILES string of the molecule is O=C(CCc1ccncc1)N1CCN(c2nsc3ccccc23)CC1. The standard InChI is InChI=1S/C19H20N4OS/c24-18(6-5-15-7-9-20-10-8-15)22-11-13-23(14-12-22)19-16-3-1-2-4-17(16)25-21-19/h1-4,7-10H,5-6,11-14H2. The number of anilines is 1. The largest absolute Gasteiger partial charge is 0.352 e. The van der Waals surface area contributed by atoms with Crippen LogP contribution in [0.15, 0.2) is 48.8 Å². The Kier molecular flexibility index (Phi) is 4.61. The monoisotopic (exact) mass is 352 g/mol. The molecule has 128 valence electrons. The van der Waals surface area contributed by atoms with E-state index >= 15 is 0 Å². The lowest BCUT2D eigenvalue weighted by Crippen LogP contribution is -2.49. The smallest absolute Gasteiger partial charge is 0.223 e. The number of pyridine rings is 1. The van der Waals surface area contributed by atoms with Crippen molar-refractivity contribution in [1.29, 1.82) is 0 Å². The topological polar surface area (TPSA) is 49.3 Å². The average Bonchev–Trinajstić information content (AvgIpc) is 3.11. The molecular weight excluding hydrogens is 332 g/mol. The van der Waals surface area contributed by atoms with E-state index in [4.69, 9.17) is 0 Å². The number of piperazine rings is 1. The van der Waals surface area contributed by atoms with E-state index in [0.717, 1.165) is 44.0 Å². The summed E-state index contributed by atoms with van der Waals surface area (Å²) in [7, 11) is 0. The van der Waals surface area contributed by atoms with E-state index in [-0.39, 0.29) is 5.91 Å². The molecule has 0 aliphatic carbocycles. The van der Waals surface area contributed by atoms with Crippen LogP contribution in [0.4, 0.5) is 5.82 Å². The van der Waals surface area contributed by atoms with Crippen LogP contribution in [0, 0.1) is 0 Å². The molecule has 0 radical (unpaired) electrons. The molecule has 3 aromatic rings. The van der Waals surface area contributed by atoms with Crippen molar-refractivity contribution in [3.05, 3.63) is 54.4 Å². The molecule has 0 unspecified atom stereocenters. The summed E-state index contributed by atoms with van der Waals surface area (Å²) in [5.74, 6) is 1.30. The van der Waals surface area contributed by atoms with E-state index in [2.05, 4.69) is 32.5 Å². The number of carbonyl (C=O) groups excluding carboxylic acids is 1. The molecule has 1 aliphatic rings. The fraction of sp³-hybridized carbons (Fsp3) is 0.316. The number of benzene rings is 1. The van der Waals surface area contributed by atoms with Gasteiger partial charge in [-0.1, -0.05) is 12.1 Å². The number of amides is 1. The number of aryl methyl sites for hydroxylation is 1. The Morgan fingerprint density at radius 3 is 2.60 bits per heavy atom. The summed E-state index contributed by atoms with van der Waals surface area (Å²) in [5.41, 5.74) is 1.16. The second kappa shape index (κ2) is 7.19. The summed E-state index contributed by atoms with van der Waals surface area (Å²) < 4.78 is 5.84. The molecule has 4 rings (SSSR count). The molecule has 1 aliphatic heterocycles. The van der Waals surface area contributed by atoms with E-state index in [1.807, 2.05) is 23.1 Å². The van der Waals surface area contributed by atoms with Gasteiger partial charge in [-0.15, -0.1) is 0 Å². The first-order chi connectivity index (χ1) is 12.3. The molecule has 3 heterocycles. The van der Waals surface area contributed by atoms with Gasteiger partial charge in [0.2, 0.25) is 5.91 Å². The van der Waals surface area contributed by atoms with Crippen molar-refractivity contribution in [2.75, 3.05) is 31.1 Å². The number of nitrogens with zero attached hydrogens (tertiary/aromatic N) is 4. The first-order valence-corrected chi connectivity index (χ1v) is 9.34. The number of carbonyl (C=O) groups is 1. The molecule has 1 amide bonds. The highest BCUT2D eigenvalue weighted by Gasteiger charge is 2.23. The van der Waals surface area contributed by atoms with Crippen LogP contribution in [0.3, 0.4) is 0 Å². The third kappa shape index (κ3) is 3.49. The van der Waals surface area contributed by atoms with Crippen molar-refractivity contribution < 1.29 is 4.79 Å². The van der Waals surface area contributed by atoms with Crippen molar-refractivity contribution in [3.8, 4) is 0 Å². The molecular formula is C19H20N4OS. The van der Waals surface area contributed by atoms with Crippen LogP contribution in [0.2, 0.25) is 0 Å². The summed E-state index contributed by atoms with van der Waals surface area (Å²) in [4.78, 5) is 20.7. The van der Waals surface area contributed by atoms with E-state index in [1.54, 1.807) is 23.9 Å². The van der Waals surface area contributed by atoms with Crippen LogP contribution in [-0.2, 0) is 11.2 Å². The number of aromatic nitrogens is 2. The third-order valence-corrected chi connectivity index (χ3v) is 5.48. The molecule has 0 bridgehead atoms. The maximum atomic E-state index is 12.5. The van der Waals surface area contributed by atoms with Crippen LogP contribution >= 0.6 is 11.5 Å². The van der Waals surface area contributed by atoms with Crippen molar-refractivity contribution in [3.63, 3.8) is 0 Å². The second-order valence-corrected chi connectivity index (χ2v) is 7.03. The maximum Gasteiger partial charge on any atom is 0.223 e. The number of fused-ring (bicyclic) bond motifs is 1. The number of rotatable bonds is 4. The summed E-state index contributed by atoms with van der Waals surface area (Å²) >= 11 is 1.54. The van der Waals surface area contributed by atoms with Gasteiger partial charge in [-0.25, -0.2) is 0 Å². The Hall–Kier alpha value is -2.47. The highest BCUT2D eigenvalue weighted by molar-refractivity contribution is 7.13. The van der Waals surface area contributed by atoms with E-state index < -0.39 is 0 Å². The molecule has 2 aromatic heterocycles. The van der Waals surface area contributed by atoms with Gasteiger partial charge < -0.3 is 9.80 Å². The minimum Gasteiger partial charge on any atom is -0.352 e. The molecule has 5 nitrogen and oxygen atoms in total. The Labute approximate surface area is 151 Å². The van der Waals surface area contributed by atoms with Crippen molar-refractivity contribution in [2.24, 2.45) is 0 Å². The van der Waals surface area contributed by atoms with Crippen molar-refractivity contribution in [2.45, 2.75) is 12.8 Å². The first kappa shape index (κ1) is 16.0. The van der Waals surface area contributed by atoms with Crippen LogP contribution in [-0.4, -0.2) is 46.3 Å². The molecule has 0 saturated carbocycles. The van der Waals surface area contributed by atoms with Gasteiger partial charge in [0.1, 0.15) is 5.82 Å². The van der Waals surface area contributed by atoms with E-state index in [1.165, 1.54) is 10.1 Å². The van der Waals surface area contributed by atoms with E-state index in [9.17, 15) is 4.79 Å². The molecule has 1 saturated heterocycles. The number of hydrogen-bond donors (Lipinski definition) is 0. The Morgan fingerprint density at radius 2 is 1.80 bits per heavy atom. The molecule has 1 aromatic carbocycles. The van der Waals surface area contributed by atoms with Crippen LogP contribution < -0.4 is 4.90 Å². The van der Waals surface area contributed by atoms with Crippen LogP contribution in [0.25, 0.3) is 10.1 Å². The molecule has 0 atom stereocenters. The van der Waals surface area contributed by atoms with Gasteiger partial charge >= 0.3 is 0 Å². The minimum absolute atomic E-state index is 0.236. The quantitative estimate of drug-likeness (QED) is 0.724. The van der Waals surface area contributed by atoms with Crippen LogP contribution in [0.5, 0.6) is 0 Å². The van der Waals surface area contributed by atoms with Crippen molar-refractivity contribution >= 4 is 33.3 Å². The Balaban J connectivity index is 1.34. The predicted octanol–water partition coefficient (Wildman–Crippen LogP) is 2.97. The zero-order valence-electron chi connectivity index (χ0n) is 14.0. The lowest BCUT2D eigenvalue weighted by molar-refractivity contribution is -0.131. The summed E-state index contributed by atoms with van der Waals surface area (Å²) in [6, 6.07) is 12.3. The predicted molar refractivity (Wildman–Crippen MR) is 101 cm³/mol. The molecule has 6 heteroatoms. The minimum atomic E-state index is 0.236. The zero-order valence-corrected chi connectivity index (χ0v) is 14.8. The highest BCUT2D eigenvalue weighted by atomic mass is 32.1. The van der Waals surface area contributed by atoms with Gasteiger partial charge in [0.05, 0.1) is 4.70 Å². The Morgan fingerprint density at radius 1 is 1.04 bits per heavy atom. The number of hydrogen-bond acceptors (Lipinski definition) is 5. The van der Waals surface area contributed by atoms with Gasteiger partial charge in [0.25, 0.3) is 0 Å². The lowest BCUT2D eigenvalue weighted by atomic mass is 10.1. The maximum absolute atomic E-state index is 12.5. The second-order valence-electron chi connectivity index (χ2n) is 6.23. The fourth-order valence-corrected chi connectivity index (χ4v) is 4.02. The summed E-state index contributed by atoms with van der Waals surface area (Å²) in [6.07, 6.45) is 4.88. The fourth-order valence-electron chi connectivity index (χ4n) is 3.23. The Bertz CT molecular complexity index is 856. The van der Waals surface area contributed by atoms with Gasteiger partial charge in [-0.3, -0.25) is 9.78 Å². The van der Waals surface area contributed by atoms with Gasteiger partial charge in [-0.2, -0.15) is 4.37 Å². The van der Waals surface area contributed by atoms with Crippen LogP contribution in [0.1, 0.15) is 12.0 Å². The van der Waals surface area contributed by atoms with Gasteiger partial charge in [0.15, 0.2) is 0 Å². The normalized spacial score (nSPS) is 14.9. The molecule has 0 spiro atoms. The molecule has 25 heavy (non-hydrogen) atoms. The van der Waals surface area contributed by atoms with Crippen molar-refractivity contribution in [1.82, 2.24) is 14.3 Å². The summed E-state index contributed by atoms with van der Waals surface area (Å²) in [6.45, 7) is 3.21. The van der Waals surface area contributed by atoms with E-state index in [0.29, 0.717) is 6.42 Å². The third-order valence-electron chi connectivity index (χ3n) is 4.67. The van der Waals surface area contributed by atoms with Gasteiger partial charge in [-0.05, 0) is 47.8 Å². The first-order valence-electron chi connectivity index (χ1n) is 8.57. The molecule has 1 fully saturated rings. The zero-order chi connectivity index (χ0) is 17.1. The lowest BCUT2D eigenvalue weighted by Gasteiger charge is -2.35. The van der Waals surface area contributed by atoms with Gasteiger partial charge in [0, 0.05) is 50.4 Å². The summed E-state index contributed by atoms with van der Waals surface area (Å²) in [5, 5.41) is 1.21. The average molecular weight is 352 g/mol. The highest BCUT2D eigenvalue weighted by Crippen LogP contribution is 2.29.